The van der Waals surface area contributed by atoms with E-state index in [1.54, 1.807) is 18.2 Å². The van der Waals surface area contributed by atoms with Gasteiger partial charge in [-0.3, -0.25) is 9.69 Å². The predicted molar refractivity (Wildman–Crippen MR) is 71.7 cm³/mol. The van der Waals surface area contributed by atoms with Crippen LogP contribution < -0.4 is 5.32 Å². The molecule has 2 N–H and O–H groups in total. The second-order valence-electron chi connectivity index (χ2n) is 4.79. The zero-order valence-corrected chi connectivity index (χ0v) is 10.8. The van der Waals surface area contributed by atoms with Gasteiger partial charge in [0.05, 0.1) is 5.69 Å². The predicted octanol–water partition coefficient (Wildman–Crippen LogP) is 2.18. The van der Waals surface area contributed by atoms with Crippen molar-refractivity contribution in [2.75, 3.05) is 25.0 Å². The summed E-state index contributed by atoms with van der Waals surface area (Å²) in [6.45, 7) is 2.22. The summed E-state index contributed by atoms with van der Waals surface area (Å²) in [5, 5.41) is 12.1. The Morgan fingerprint density at radius 3 is 3.00 bits per heavy atom. The van der Waals surface area contributed by atoms with Crippen LogP contribution in [0.3, 0.4) is 0 Å². The van der Waals surface area contributed by atoms with Crippen molar-refractivity contribution < 1.29 is 14.3 Å². The van der Waals surface area contributed by atoms with Crippen molar-refractivity contribution >= 4 is 11.7 Å². The number of carboxylic acids is 1. The van der Waals surface area contributed by atoms with Crippen LogP contribution in [0, 0.1) is 5.82 Å². The highest BCUT2D eigenvalue weighted by molar-refractivity contribution is 5.73. The monoisotopic (exact) mass is 266 g/mol. The molecule has 0 bridgehead atoms. The first-order valence-corrected chi connectivity index (χ1v) is 6.64. The summed E-state index contributed by atoms with van der Waals surface area (Å²) in [7, 11) is 0. The molecule has 19 heavy (non-hydrogen) atoms. The fourth-order valence-corrected chi connectivity index (χ4v) is 2.48. The fraction of sp³-hybridized carbons (Fsp3) is 0.500. The molecule has 0 saturated carbocycles. The van der Waals surface area contributed by atoms with Gasteiger partial charge in [0, 0.05) is 13.1 Å². The first-order valence-electron chi connectivity index (χ1n) is 6.64. The number of benzene rings is 1. The molecule has 5 heteroatoms. The largest absolute Gasteiger partial charge is 0.480 e. The first-order chi connectivity index (χ1) is 9.18. The number of aliphatic carboxylic acids is 1. The maximum absolute atomic E-state index is 13.3. The molecule has 2 rings (SSSR count). The Kier molecular flexibility index (Phi) is 4.74. The number of carboxylic acid groups (broad SMARTS) is 1. The summed E-state index contributed by atoms with van der Waals surface area (Å²) in [5.74, 6) is -0.994. The van der Waals surface area contributed by atoms with E-state index in [1.165, 1.54) is 6.07 Å². The van der Waals surface area contributed by atoms with E-state index < -0.39 is 5.97 Å². The highest BCUT2D eigenvalue weighted by Crippen LogP contribution is 2.17. The summed E-state index contributed by atoms with van der Waals surface area (Å²) in [5.41, 5.74) is 0.499. The molecule has 104 valence electrons. The summed E-state index contributed by atoms with van der Waals surface area (Å²) < 4.78 is 13.3. The lowest BCUT2D eigenvalue weighted by Gasteiger charge is -2.20. The van der Waals surface area contributed by atoms with E-state index in [1.807, 2.05) is 4.90 Å². The molecule has 1 aliphatic rings. The SMILES string of the molecule is O=C(O)C1CCCN1CCCNc1ccccc1F. The van der Waals surface area contributed by atoms with Crippen molar-refractivity contribution in [3.8, 4) is 0 Å². The average Bonchev–Trinajstić information content (AvgIpc) is 2.85. The maximum atomic E-state index is 13.3. The second kappa shape index (κ2) is 6.52. The zero-order chi connectivity index (χ0) is 13.7. The van der Waals surface area contributed by atoms with E-state index in [4.69, 9.17) is 5.11 Å². The standard InChI is InChI=1S/C14H19FN2O2/c15-11-5-1-2-6-12(11)16-8-4-10-17-9-3-7-13(17)14(18)19/h1-2,5-6,13,16H,3-4,7-10H2,(H,18,19). The van der Waals surface area contributed by atoms with Gasteiger partial charge in [-0.05, 0) is 37.9 Å². The average molecular weight is 266 g/mol. The van der Waals surface area contributed by atoms with E-state index in [0.717, 1.165) is 32.4 Å². The molecule has 1 atom stereocenters. The van der Waals surface area contributed by atoms with Crippen LogP contribution in [0.2, 0.25) is 0 Å². The molecule has 1 saturated heterocycles. The quantitative estimate of drug-likeness (QED) is 0.775. The lowest BCUT2D eigenvalue weighted by atomic mass is 10.2. The molecule has 0 radical (unpaired) electrons. The number of nitrogens with one attached hydrogen (secondary N) is 1. The molecule has 1 aromatic carbocycles. The van der Waals surface area contributed by atoms with Crippen molar-refractivity contribution in [1.82, 2.24) is 4.90 Å². The number of rotatable bonds is 6. The number of likely N-dealkylation sites (tertiary alicyclic amines) is 1. The first kappa shape index (κ1) is 13.8. The van der Waals surface area contributed by atoms with Crippen LogP contribution in [-0.2, 0) is 4.79 Å². The summed E-state index contributed by atoms with van der Waals surface area (Å²) >= 11 is 0. The molecule has 0 aromatic heterocycles. The minimum absolute atomic E-state index is 0.257. The number of halogens is 1. The number of hydrogen-bond donors (Lipinski definition) is 2. The number of carbonyl (C=O) groups is 1. The Morgan fingerprint density at radius 2 is 2.26 bits per heavy atom. The van der Waals surface area contributed by atoms with Crippen molar-refractivity contribution in [3.05, 3.63) is 30.1 Å². The molecule has 1 fully saturated rings. The van der Waals surface area contributed by atoms with Crippen LogP contribution in [0.15, 0.2) is 24.3 Å². The molecule has 0 spiro atoms. The highest BCUT2D eigenvalue weighted by Gasteiger charge is 2.29. The van der Waals surface area contributed by atoms with Gasteiger partial charge in [-0.25, -0.2) is 4.39 Å². The highest BCUT2D eigenvalue weighted by atomic mass is 19.1. The molecular weight excluding hydrogens is 247 g/mol. The van der Waals surface area contributed by atoms with Crippen molar-refractivity contribution in [1.29, 1.82) is 0 Å². The molecular formula is C14H19FN2O2. The minimum Gasteiger partial charge on any atom is -0.480 e. The third-order valence-corrected chi connectivity index (χ3v) is 3.46. The topological polar surface area (TPSA) is 52.6 Å². The molecule has 1 heterocycles. The van der Waals surface area contributed by atoms with Crippen LogP contribution in [0.1, 0.15) is 19.3 Å². The van der Waals surface area contributed by atoms with Crippen LogP contribution in [0.4, 0.5) is 10.1 Å². The number of hydrogen-bond acceptors (Lipinski definition) is 3. The van der Waals surface area contributed by atoms with Crippen LogP contribution in [-0.4, -0.2) is 41.7 Å². The Balaban J connectivity index is 1.72. The fourth-order valence-electron chi connectivity index (χ4n) is 2.48. The van der Waals surface area contributed by atoms with Gasteiger partial charge in [-0.1, -0.05) is 12.1 Å². The summed E-state index contributed by atoms with van der Waals surface area (Å²) in [6.07, 6.45) is 2.48. The molecule has 0 aliphatic carbocycles. The van der Waals surface area contributed by atoms with Gasteiger partial charge >= 0.3 is 5.97 Å². The Bertz CT molecular complexity index is 439. The number of nitrogens with zero attached hydrogens (tertiary/aromatic N) is 1. The van der Waals surface area contributed by atoms with E-state index in [0.29, 0.717) is 12.2 Å². The Morgan fingerprint density at radius 1 is 1.47 bits per heavy atom. The van der Waals surface area contributed by atoms with Gasteiger partial charge in [0.2, 0.25) is 0 Å². The van der Waals surface area contributed by atoms with Gasteiger partial charge < -0.3 is 10.4 Å². The molecule has 1 aliphatic heterocycles. The van der Waals surface area contributed by atoms with Crippen molar-refractivity contribution in [2.24, 2.45) is 0 Å². The maximum Gasteiger partial charge on any atom is 0.320 e. The van der Waals surface area contributed by atoms with Crippen molar-refractivity contribution in [3.63, 3.8) is 0 Å². The molecule has 1 unspecified atom stereocenters. The molecule has 1 aromatic rings. The van der Waals surface area contributed by atoms with E-state index in [2.05, 4.69) is 5.32 Å². The smallest absolute Gasteiger partial charge is 0.320 e. The third-order valence-electron chi connectivity index (χ3n) is 3.46. The molecule has 4 nitrogen and oxygen atoms in total. The summed E-state index contributed by atoms with van der Waals surface area (Å²) in [4.78, 5) is 13.0. The van der Waals surface area contributed by atoms with Gasteiger partial charge in [-0.15, -0.1) is 0 Å². The molecule has 0 amide bonds. The van der Waals surface area contributed by atoms with Gasteiger partial charge in [0.1, 0.15) is 11.9 Å². The van der Waals surface area contributed by atoms with E-state index >= 15 is 0 Å². The van der Waals surface area contributed by atoms with Gasteiger partial charge in [0.15, 0.2) is 0 Å². The lowest BCUT2D eigenvalue weighted by molar-refractivity contribution is -0.142. The number of anilines is 1. The van der Waals surface area contributed by atoms with Crippen LogP contribution in [0.5, 0.6) is 0 Å². The Hall–Kier alpha value is -1.62. The normalized spacial score (nSPS) is 19.5. The zero-order valence-electron chi connectivity index (χ0n) is 10.8. The third kappa shape index (κ3) is 3.67. The number of para-hydroxylation sites is 1. The van der Waals surface area contributed by atoms with E-state index in [-0.39, 0.29) is 11.9 Å². The van der Waals surface area contributed by atoms with E-state index in [9.17, 15) is 9.18 Å². The minimum atomic E-state index is -0.737. The lowest BCUT2D eigenvalue weighted by Crippen LogP contribution is -2.37. The van der Waals surface area contributed by atoms with Gasteiger partial charge in [-0.2, -0.15) is 0 Å². The second-order valence-corrected chi connectivity index (χ2v) is 4.79. The van der Waals surface area contributed by atoms with Gasteiger partial charge in [0.25, 0.3) is 0 Å². The Labute approximate surface area is 112 Å². The van der Waals surface area contributed by atoms with Crippen LogP contribution >= 0.6 is 0 Å². The summed E-state index contributed by atoms with van der Waals surface area (Å²) in [6, 6.07) is 6.22. The van der Waals surface area contributed by atoms with Crippen LogP contribution in [0.25, 0.3) is 0 Å². The van der Waals surface area contributed by atoms with Crippen molar-refractivity contribution in [2.45, 2.75) is 25.3 Å².